The van der Waals surface area contributed by atoms with Gasteiger partial charge in [0.05, 0.1) is 12.5 Å². The van der Waals surface area contributed by atoms with Gasteiger partial charge in [-0.15, -0.1) is 0 Å². The number of unbranched alkanes of at least 4 members (excludes halogenated alkanes) is 5. The lowest BCUT2D eigenvalue weighted by molar-refractivity contribution is -0.696. The predicted molar refractivity (Wildman–Crippen MR) is 108 cm³/mol. The molecule has 136 valence electrons. The summed E-state index contributed by atoms with van der Waals surface area (Å²) in [5.41, 5.74) is 2.53. The fraction of sp³-hybridized carbons (Fsp3) is 0.522. The van der Waals surface area contributed by atoms with E-state index in [0.717, 1.165) is 13.1 Å². The third-order valence-corrected chi connectivity index (χ3v) is 4.82. The predicted octanol–water partition coefficient (Wildman–Crippen LogP) is 5.95. The van der Waals surface area contributed by atoms with Crippen LogP contribution in [0.1, 0.15) is 82.2 Å². The van der Waals surface area contributed by atoms with Crippen molar-refractivity contribution < 1.29 is 4.57 Å². The Hall–Kier alpha value is -1.83. The van der Waals surface area contributed by atoms with E-state index in [1.54, 1.807) is 0 Å². The number of benzene rings is 1. The van der Waals surface area contributed by atoms with E-state index < -0.39 is 0 Å². The van der Waals surface area contributed by atoms with E-state index >= 15 is 0 Å². The van der Waals surface area contributed by atoms with Crippen molar-refractivity contribution in [2.24, 2.45) is 0 Å². The zero-order chi connectivity index (χ0) is 18.1. The SMILES string of the molecule is C=Cc1cccc(C[n+]2ccn(CCCCCCCC)c2C(C)C)c1. The first-order chi connectivity index (χ1) is 12.2. The number of aryl methyl sites for hydroxylation is 1. The Morgan fingerprint density at radius 2 is 1.88 bits per heavy atom. The maximum Gasteiger partial charge on any atom is 0.259 e. The molecule has 1 aromatic heterocycles. The second-order valence-electron chi connectivity index (χ2n) is 7.35. The van der Waals surface area contributed by atoms with Gasteiger partial charge in [-0.25, -0.2) is 9.13 Å². The van der Waals surface area contributed by atoms with Crippen LogP contribution >= 0.6 is 0 Å². The van der Waals surface area contributed by atoms with Crippen molar-refractivity contribution >= 4 is 6.08 Å². The van der Waals surface area contributed by atoms with Gasteiger partial charge in [0.15, 0.2) is 0 Å². The molecule has 0 amide bonds. The molecule has 0 saturated carbocycles. The van der Waals surface area contributed by atoms with Crippen LogP contribution in [0, 0.1) is 0 Å². The van der Waals surface area contributed by atoms with Crippen LogP contribution < -0.4 is 4.57 Å². The maximum absolute atomic E-state index is 3.88. The summed E-state index contributed by atoms with van der Waals surface area (Å²) >= 11 is 0. The highest BCUT2D eigenvalue weighted by molar-refractivity contribution is 5.47. The van der Waals surface area contributed by atoms with Crippen molar-refractivity contribution in [3.05, 3.63) is 60.2 Å². The van der Waals surface area contributed by atoms with Gasteiger partial charge in [0.25, 0.3) is 5.82 Å². The summed E-state index contributed by atoms with van der Waals surface area (Å²) < 4.78 is 4.87. The molecule has 2 aromatic rings. The lowest BCUT2D eigenvalue weighted by Crippen LogP contribution is -2.38. The lowest BCUT2D eigenvalue weighted by Gasteiger charge is -2.09. The van der Waals surface area contributed by atoms with Gasteiger partial charge in [-0.05, 0) is 30.0 Å². The highest BCUT2D eigenvalue weighted by Crippen LogP contribution is 2.14. The molecule has 0 saturated heterocycles. The molecule has 0 spiro atoms. The molecule has 0 fully saturated rings. The molecule has 0 radical (unpaired) electrons. The first-order valence-corrected chi connectivity index (χ1v) is 9.95. The Morgan fingerprint density at radius 1 is 1.12 bits per heavy atom. The summed E-state index contributed by atoms with van der Waals surface area (Å²) in [6.45, 7) is 12.8. The summed E-state index contributed by atoms with van der Waals surface area (Å²) in [6, 6.07) is 8.66. The molecule has 0 unspecified atom stereocenters. The largest absolute Gasteiger partial charge is 0.259 e. The number of hydrogen-bond acceptors (Lipinski definition) is 0. The van der Waals surface area contributed by atoms with Gasteiger partial charge in [0, 0.05) is 0 Å². The van der Waals surface area contributed by atoms with Gasteiger partial charge >= 0.3 is 0 Å². The van der Waals surface area contributed by atoms with Gasteiger partial charge in [-0.1, -0.05) is 77.3 Å². The van der Waals surface area contributed by atoms with Crippen molar-refractivity contribution in [1.82, 2.24) is 4.57 Å². The van der Waals surface area contributed by atoms with Gasteiger partial charge in [0.2, 0.25) is 0 Å². The summed E-state index contributed by atoms with van der Waals surface area (Å²) in [4.78, 5) is 0. The Bertz CT molecular complexity index is 652. The summed E-state index contributed by atoms with van der Waals surface area (Å²) in [5, 5.41) is 0. The molecule has 2 rings (SSSR count). The number of rotatable bonds is 11. The zero-order valence-electron chi connectivity index (χ0n) is 16.4. The van der Waals surface area contributed by atoms with Crippen LogP contribution in [0.5, 0.6) is 0 Å². The van der Waals surface area contributed by atoms with Gasteiger partial charge in [0.1, 0.15) is 18.9 Å². The maximum atomic E-state index is 3.88. The van der Waals surface area contributed by atoms with Crippen molar-refractivity contribution in [3.8, 4) is 0 Å². The normalized spacial score (nSPS) is 11.2. The zero-order valence-corrected chi connectivity index (χ0v) is 16.4. The third kappa shape index (κ3) is 5.88. The van der Waals surface area contributed by atoms with E-state index in [2.05, 4.69) is 73.1 Å². The lowest BCUT2D eigenvalue weighted by atomic mass is 10.1. The first kappa shape index (κ1) is 19.5. The second-order valence-corrected chi connectivity index (χ2v) is 7.35. The summed E-state index contributed by atoms with van der Waals surface area (Å²) in [5.74, 6) is 1.95. The van der Waals surface area contributed by atoms with Gasteiger partial charge < -0.3 is 0 Å². The van der Waals surface area contributed by atoms with E-state index in [9.17, 15) is 0 Å². The number of imidazole rings is 1. The molecule has 0 N–H and O–H groups in total. The van der Waals surface area contributed by atoms with Crippen LogP contribution in [0.3, 0.4) is 0 Å². The molecule has 1 aromatic carbocycles. The standard InChI is InChI=1S/C23H35N2/c1-5-7-8-9-10-11-15-24-16-17-25(23(24)20(3)4)19-22-14-12-13-21(6-2)18-22/h6,12-14,16-18,20H,2,5,7-11,15,19H2,1,3-4H3/q+1. The van der Waals surface area contributed by atoms with E-state index in [4.69, 9.17) is 0 Å². The molecule has 2 heteroatoms. The number of aromatic nitrogens is 2. The van der Waals surface area contributed by atoms with Crippen LogP contribution in [0.25, 0.3) is 6.08 Å². The molecule has 1 heterocycles. The quantitative estimate of drug-likeness (QED) is 0.353. The molecule has 0 aliphatic rings. The minimum Gasteiger partial charge on any atom is -0.234 e. The smallest absolute Gasteiger partial charge is 0.234 e. The number of nitrogens with zero attached hydrogens (tertiary/aromatic N) is 2. The van der Waals surface area contributed by atoms with Crippen LogP contribution in [-0.4, -0.2) is 4.57 Å². The highest BCUT2D eigenvalue weighted by atomic mass is 15.1. The fourth-order valence-corrected chi connectivity index (χ4v) is 3.54. The highest BCUT2D eigenvalue weighted by Gasteiger charge is 2.20. The Kier molecular flexibility index (Phi) is 7.97. The number of hydrogen-bond donors (Lipinski definition) is 0. The molecule has 25 heavy (non-hydrogen) atoms. The van der Waals surface area contributed by atoms with Gasteiger partial charge in [-0.2, -0.15) is 0 Å². The molecular formula is C23H35N2+. The fourth-order valence-electron chi connectivity index (χ4n) is 3.54. The molecule has 0 atom stereocenters. The minimum absolute atomic E-state index is 0.526. The summed E-state index contributed by atoms with van der Waals surface area (Å²) in [6.07, 6.45) is 14.5. The van der Waals surface area contributed by atoms with Crippen molar-refractivity contribution in [2.75, 3.05) is 0 Å². The minimum atomic E-state index is 0.526. The van der Waals surface area contributed by atoms with E-state index in [0.29, 0.717) is 5.92 Å². The Morgan fingerprint density at radius 3 is 2.60 bits per heavy atom. The Balaban J connectivity index is 2.01. The van der Waals surface area contributed by atoms with Crippen molar-refractivity contribution in [2.45, 2.75) is 78.3 Å². The molecule has 2 nitrogen and oxygen atoms in total. The third-order valence-electron chi connectivity index (χ3n) is 4.82. The topological polar surface area (TPSA) is 8.81 Å². The average Bonchev–Trinajstić information content (AvgIpc) is 3.01. The van der Waals surface area contributed by atoms with E-state index in [-0.39, 0.29) is 0 Å². The molecule has 0 aliphatic heterocycles. The van der Waals surface area contributed by atoms with Gasteiger partial charge in [-0.3, -0.25) is 0 Å². The van der Waals surface area contributed by atoms with Crippen LogP contribution in [0.15, 0.2) is 43.2 Å². The van der Waals surface area contributed by atoms with E-state index in [1.165, 1.54) is 55.5 Å². The van der Waals surface area contributed by atoms with Crippen LogP contribution in [0.4, 0.5) is 0 Å². The van der Waals surface area contributed by atoms with Crippen molar-refractivity contribution in [3.63, 3.8) is 0 Å². The molecule has 0 bridgehead atoms. The molecular weight excluding hydrogens is 304 g/mol. The molecule has 0 aliphatic carbocycles. The first-order valence-electron chi connectivity index (χ1n) is 9.95. The average molecular weight is 340 g/mol. The second kappa shape index (κ2) is 10.2. The monoisotopic (exact) mass is 339 g/mol. The summed E-state index contributed by atoms with van der Waals surface area (Å²) in [7, 11) is 0. The van der Waals surface area contributed by atoms with Crippen LogP contribution in [0.2, 0.25) is 0 Å². The van der Waals surface area contributed by atoms with E-state index in [1.807, 2.05) is 6.08 Å². The Labute approximate surface area is 154 Å². The van der Waals surface area contributed by atoms with Crippen molar-refractivity contribution in [1.29, 1.82) is 0 Å². The van der Waals surface area contributed by atoms with Crippen LogP contribution in [-0.2, 0) is 13.1 Å².